The molecule has 8 bridgehead atoms. The van der Waals surface area contributed by atoms with Crippen molar-refractivity contribution in [2.24, 2.45) is 35.1 Å². The number of aliphatic hydroxyl groups is 3. The van der Waals surface area contributed by atoms with Crippen LogP contribution in [0.1, 0.15) is 90.5 Å². The van der Waals surface area contributed by atoms with E-state index in [1.807, 2.05) is 0 Å². The number of hydrogen-bond donors (Lipinski definition) is 11. The lowest BCUT2D eigenvalue weighted by molar-refractivity contribution is -0.168. The third kappa shape index (κ3) is 12.7. The molecule has 23 nitrogen and oxygen atoms in total. The molecule has 4 aliphatic heterocycles. The minimum Gasteiger partial charge on any atom is -0.465 e. The van der Waals surface area contributed by atoms with E-state index in [1.54, 1.807) is 19.9 Å². The van der Waals surface area contributed by atoms with E-state index in [-0.39, 0.29) is 54.1 Å². The number of Topliss-reactive ketones (excluding diaryl/α,β-unsaturated/α-hetero) is 3. The second-order valence-electron chi connectivity index (χ2n) is 19.6. The van der Waals surface area contributed by atoms with Gasteiger partial charge in [-0.05, 0) is 55.8 Å². The van der Waals surface area contributed by atoms with Crippen LogP contribution < -0.4 is 42.8 Å². The molecule has 1 saturated heterocycles. The van der Waals surface area contributed by atoms with Crippen LogP contribution in [-0.4, -0.2) is 163 Å². The number of amides is 6. The molecule has 396 valence electrons. The van der Waals surface area contributed by atoms with Crippen LogP contribution in [0.5, 0.6) is 5.75 Å². The molecular weight excluding hydrogens is 959 g/mol. The van der Waals surface area contributed by atoms with Gasteiger partial charge in [-0.25, -0.2) is 4.90 Å². The number of ketones is 3. The largest absolute Gasteiger partial charge is 0.465 e. The van der Waals surface area contributed by atoms with Gasteiger partial charge in [0.2, 0.25) is 41.2 Å². The van der Waals surface area contributed by atoms with Crippen LogP contribution in [0.25, 0.3) is 10.9 Å². The molecule has 0 spiro atoms. The molecular formula is C48H69N9O14S. The molecule has 0 radical (unpaired) electrons. The Morgan fingerprint density at radius 3 is 2.28 bits per heavy atom. The summed E-state index contributed by atoms with van der Waals surface area (Å²) in [7, 11) is -2.28. The number of benzene rings is 1. The highest BCUT2D eigenvalue weighted by atomic mass is 32.2. The fourth-order valence-electron chi connectivity index (χ4n) is 10.2. The Bertz CT molecular complexity index is 2430. The van der Waals surface area contributed by atoms with E-state index in [4.69, 9.17) is 16.2 Å². The van der Waals surface area contributed by atoms with Gasteiger partial charge >= 0.3 is 0 Å². The fraction of sp³-hybridized carbons (Fsp3) is 0.646. The van der Waals surface area contributed by atoms with Crippen LogP contribution in [0.3, 0.4) is 0 Å². The maximum absolute atomic E-state index is 15.9. The Balaban J connectivity index is 1.67. The molecule has 1 aromatic heterocycles. The molecule has 6 rings (SSSR count). The molecule has 13 N–H and O–H groups in total. The van der Waals surface area contributed by atoms with Crippen LogP contribution >= 0.6 is 0 Å². The van der Waals surface area contributed by atoms with Gasteiger partial charge in [0, 0.05) is 61.4 Å². The summed E-state index contributed by atoms with van der Waals surface area (Å²) in [5.74, 6) is -13.2. The Hall–Kier alpha value is -5.66. The molecule has 24 heteroatoms. The normalized spacial score (nSPS) is 29.7. The lowest BCUT2D eigenvalue weighted by Gasteiger charge is -2.45. The van der Waals surface area contributed by atoms with E-state index in [0.717, 1.165) is 0 Å². The third-order valence-corrected chi connectivity index (χ3v) is 15.9. The summed E-state index contributed by atoms with van der Waals surface area (Å²) >= 11 is 0. The van der Waals surface area contributed by atoms with Crippen molar-refractivity contribution >= 4 is 74.5 Å². The second kappa shape index (κ2) is 24.4. The number of nitrogens with two attached hydrogens (primary N) is 2. The molecule has 0 aliphatic carbocycles. The van der Waals surface area contributed by atoms with Crippen LogP contribution in [0.4, 0.5) is 0 Å². The predicted octanol–water partition coefficient (Wildman–Crippen LogP) is -2.40. The highest BCUT2D eigenvalue weighted by Gasteiger charge is 2.56. The molecule has 4 aliphatic rings. The fourth-order valence-corrected chi connectivity index (χ4v) is 11.6. The van der Waals surface area contributed by atoms with E-state index in [0.29, 0.717) is 37.6 Å². The van der Waals surface area contributed by atoms with Crippen molar-refractivity contribution in [2.45, 2.75) is 139 Å². The van der Waals surface area contributed by atoms with Gasteiger partial charge < -0.3 is 63.1 Å². The molecule has 2 aromatic rings. The standard InChI is InChI=1S/C48H69N9O14S/c1-4-24(2)41-46(69)52-19-39(64)53-33-23-72(70)47-31-13-27(44(67)51-20-40(65)55-41)15-36(61)42(25(3)37(62)22-58)56-45(68)34-17-28(59)21-57(34)48(11-7-5-6-8-12-49,43(66)26(14-35(33)60)16-38(50)63)71-29-9-10-30(31)32(18-29)54-47/h9-10,18,24-28,33-34,37,41-42,54,58-59,62H,4-8,11-17,19-23,49H2,1-3H3,(H2,50,63)(H,51,67)(H,52,69)(H,53,64)(H,55,65)(H,56,68)/t24-,25-,26-,27?,28?,33?,34-,37-,41-,42-,48?,72?/m0/s1. The van der Waals surface area contributed by atoms with Crippen LogP contribution in [0.2, 0.25) is 0 Å². The van der Waals surface area contributed by atoms with Gasteiger partial charge in [0.1, 0.15) is 16.8 Å². The van der Waals surface area contributed by atoms with Gasteiger partial charge in [-0.3, -0.25) is 47.4 Å². The number of ether oxygens (including phenoxy) is 1. The lowest BCUT2D eigenvalue weighted by atomic mass is 9.82. The molecule has 12 atom stereocenters. The first-order valence-corrected chi connectivity index (χ1v) is 26.0. The maximum atomic E-state index is 15.9. The summed E-state index contributed by atoms with van der Waals surface area (Å²) in [5.41, 5.74) is 9.81. The quantitative estimate of drug-likeness (QED) is 0.0932. The zero-order valence-electron chi connectivity index (χ0n) is 40.9. The Morgan fingerprint density at radius 1 is 0.903 bits per heavy atom. The number of nitrogens with one attached hydrogen (secondary N) is 6. The van der Waals surface area contributed by atoms with E-state index in [1.165, 1.54) is 24.0 Å². The monoisotopic (exact) mass is 1030 g/mol. The topological polar surface area (TPSA) is 372 Å². The molecule has 72 heavy (non-hydrogen) atoms. The highest BCUT2D eigenvalue weighted by Crippen LogP contribution is 2.41. The van der Waals surface area contributed by atoms with Crippen molar-refractivity contribution in [3.05, 3.63) is 23.8 Å². The number of fused-ring (bicyclic) bond motifs is 7. The summed E-state index contributed by atoms with van der Waals surface area (Å²) in [5, 5.41) is 45.8. The number of aliphatic hydroxyl groups excluding tert-OH is 3. The summed E-state index contributed by atoms with van der Waals surface area (Å²) in [6, 6.07) is -1.38. The number of carbonyl (C=O) groups is 9. The van der Waals surface area contributed by atoms with Gasteiger partial charge in [0.05, 0.1) is 72.1 Å². The first kappa shape index (κ1) is 55.7. The molecule has 5 heterocycles. The number of aromatic amines is 1. The lowest BCUT2D eigenvalue weighted by Crippen LogP contribution is -2.65. The minimum atomic E-state index is -2.28. The van der Waals surface area contributed by atoms with Crippen molar-refractivity contribution in [1.29, 1.82) is 0 Å². The molecule has 0 saturated carbocycles. The molecule has 5 unspecified atom stereocenters. The number of hydrogen-bond acceptors (Lipinski definition) is 16. The highest BCUT2D eigenvalue weighted by molar-refractivity contribution is 7.85. The minimum absolute atomic E-state index is 0.0262. The van der Waals surface area contributed by atoms with Gasteiger partial charge in [0.25, 0.3) is 0 Å². The van der Waals surface area contributed by atoms with E-state index in [2.05, 4.69) is 31.6 Å². The smallest absolute Gasteiger partial charge is 0.243 e. The van der Waals surface area contributed by atoms with Crippen LogP contribution in [0, 0.1) is 23.7 Å². The second-order valence-corrected chi connectivity index (χ2v) is 21.0. The number of carbonyl (C=O) groups excluding carboxylic acids is 9. The van der Waals surface area contributed by atoms with Crippen molar-refractivity contribution in [1.82, 2.24) is 36.5 Å². The van der Waals surface area contributed by atoms with Gasteiger partial charge in [-0.15, -0.1) is 0 Å². The Kier molecular flexibility index (Phi) is 18.8. The number of primary amides is 1. The van der Waals surface area contributed by atoms with Gasteiger partial charge in [-0.2, -0.15) is 0 Å². The number of rotatable bonds is 13. The van der Waals surface area contributed by atoms with Gasteiger partial charge in [-0.1, -0.05) is 40.0 Å². The first-order valence-electron chi connectivity index (χ1n) is 24.7. The van der Waals surface area contributed by atoms with Crippen molar-refractivity contribution in [3.63, 3.8) is 0 Å². The number of H-pyrrole nitrogens is 1. The summed E-state index contributed by atoms with van der Waals surface area (Å²) in [4.78, 5) is 133. The van der Waals surface area contributed by atoms with Crippen molar-refractivity contribution in [3.8, 4) is 5.75 Å². The zero-order valence-corrected chi connectivity index (χ0v) is 41.7. The van der Waals surface area contributed by atoms with Gasteiger partial charge in [0.15, 0.2) is 17.3 Å². The van der Waals surface area contributed by atoms with Crippen molar-refractivity contribution in [2.75, 3.05) is 38.5 Å². The third-order valence-electron chi connectivity index (χ3n) is 14.5. The number of unbranched alkanes of at least 4 members (excludes halogenated alkanes) is 3. The number of aromatic nitrogens is 1. The van der Waals surface area contributed by atoms with Crippen LogP contribution in [-0.2, 0) is 60.4 Å². The molecule has 1 aromatic carbocycles. The maximum Gasteiger partial charge on any atom is 0.243 e. The zero-order chi connectivity index (χ0) is 52.6. The van der Waals surface area contributed by atoms with E-state index in [9.17, 15) is 57.9 Å². The SMILES string of the molecule is CC[C@H](C)[C@@H]1NC(=O)CNC(=O)C2CC(=O)[C@H]([C@@H](C)[C@@H](O)CO)NC(=O)[C@@H]3CC(O)CN3C3(CCCCCCN)Oc4ccc5c(c([nH]c5c4)S(=O)CC(NC(=O)CNC1=O)C(=O)C[C@@H](CC(N)=O)C3=O)C2. The van der Waals surface area contributed by atoms with Crippen LogP contribution in [0.15, 0.2) is 23.2 Å². The Morgan fingerprint density at radius 2 is 1.60 bits per heavy atom. The van der Waals surface area contributed by atoms with E-state index < -0.39 is 174 Å². The number of nitrogens with zero attached hydrogens (tertiary/aromatic N) is 1. The average molecular weight is 1030 g/mol. The summed E-state index contributed by atoms with van der Waals surface area (Å²) in [6.07, 6.45) is -3.59. The molecule has 6 amide bonds. The predicted molar refractivity (Wildman–Crippen MR) is 258 cm³/mol. The van der Waals surface area contributed by atoms with Crippen molar-refractivity contribution < 1.29 is 67.4 Å². The summed E-state index contributed by atoms with van der Waals surface area (Å²) in [6.45, 7) is 2.61. The summed E-state index contributed by atoms with van der Waals surface area (Å²) < 4.78 is 21.8. The Labute approximate surface area is 418 Å². The first-order chi connectivity index (χ1) is 34.2. The molecule has 1 fully saturated rings. The van der Waals surface area contributed by atoms with E-state index >= 15 is 4.79 Å². The average Bonchev–Trinajstić information content (AvgIpc) is 3.92.